The highest BCUT2D eigenvalue weighted by molar-refractivity contribution is 7.88. The number of carbonyl (C=O) groups is 1. The van der Waals surface area contributed by atoms with Crippen molar-refractivity contribution in [2.24, 2.45) is 0 Å². The van der Waals surface area contributed by atoms with Gasteiger partial charge in [-0.1, -0.05) is 5.16 Å². The summed E-state index contributed by atoms with van der Waals surface area (Å²) in [5, 5.41) is 14.4. The highest BCUT2D eigenvalue weighted by atomic mass is 32.2. The Bertz CT molecular complexity index is 680. The third kappa shape index (κ3) is 5.02. The van der Waals surface area contributed by atoms with Gasteiger partial charge in [0.2, 0.25) is 15.9 Å². The Hall–Kier alpha value is -1.45. The van der Waals surface area contributed by atoms with Gasteiger partial charge in [-0.05, 0) is 33.1 Å². The lowest BCUT2D eigenvalue weighted by molar-refractivity contribution is -0.130. The van der Waals surface area contributed by atoms with Crippen LogP contribution in [0.5, 0.6) is 0 Å². The second-order valence-electron chi connectivity index (χ2n) is 6.53. The molecule has 2 N–H and O–H groups in total. The molecular formula is C15H25N3O5S. The minimum Gasteiger partial charge on any atom is -0.388 e. The maximum atomic E-state index is 12.5. The first-order valence-corrected chi connectivity index (χ1v) is 9.85. The topological polar surface area (TPSA) is 113 Å². The van der Waals surface area contributed by atoms with E-state index in [1.165, 1.54) is 0 Å². The molecule has 0 spiro atoms. The van der Waals surface area contributed by atoms with E-state index in [1.807, 2.05) is 0 Å². The fraction of sp³-hybridized carbons (Fsp3) is 0.733. The van der Waals surface area contributed by atoms with Crippen molar-refractivity contribution in [1.82, 2.24) is 14.8 Å². The predicted molar refractivity (Wildman–Crippen MR) is 87.9 cm³/mol. The van der Waals surface area contributed by atoms with Gasteiger partial charge < -0.3 is 14.5 Å². The maximum absolute atomic E-state index is 12.5. The summed E-state index contributed by atoms with van der Waals surface area (Å²) in [6.07, 6.45) is 2.69. The molecule has 8 nitrogen and oxygen atoms in total. The number of likely N-dealkylation sites (tertiary alicyclic amines) is 1. The molecular weight excluding hydrogens is 334 g/mol. The summed E-state index contributed by atoms with van der Waals surface area (Å²) < 4.78 is 29.9. The van der Waals surface area contributed by atoms with Crippen molar-refractivity contribution in [3.8, 4) is 0 Å². The van der Waals surface area contributed by atoms with Gasteiger partial charge in [-0.2, -0.15) is 0 Å². The van der Waals surface area contributed by atoms with Gasteiger partial charge in [0.15, 0.2) is 0 Å². The normalized spacial score (nSPS) is 22.4. The molecule has 1 aliphatic rings. The van der Waals surface area contributed by atoms with E-state index in [4.69, 9.17) is 4.52 Å². The molecule has 0 aromatic carbocycles. The third-order valence-electron chi connectivity index (χ3n) is 4.44. The molecule has 0 radical (unpaired) electrons. The number of aryl methyl sites for hydroxylation is 2. The largest absolute Gasteiger partial charge is 0.388 e. The number of hydrogen-bond donors (Lipinski definition) is 2. The van der Waals surface area contributed by atoms with Gasteiger partial charge in [-0.15, -0.1) is 0 Å². The lowest BCUT2D eigenvalue weighted by Crippen LogP contribution is -2.43. The van der Waals surface area contributed by atoms with Crippen LogP contribution < -0.4 is 4.72 Å². The summed E-state index contributed by atoms with van der Waals surface area (Å²) in [5.41, 5.74) is 0.393. The van der Waals surface area contributed by atoms with Crippen molar-refractivity contribution in [3.63, 3.8) is 0 Å². The molecule has 0 bridgehead atoms. The summed E-state index contributed by atoms with van der Waals surface area (Å²) in [5.74, 6) is 0.606. The quantitative estimate of drug-likeness (QED) is 0.772. The summed E-state index contributed by atoms with van der Waals surface area (Å²) >= 11 is 0. The average Bonchev–Trinajstić information content (AvgIpc) is 2.70. The van der Waals surface area contributed by atoms with Crippen molar-refractivity contribution < 1.29 is 22.8 Å². The molecule has 1 fully saturated rings. The Labute approximate surface area is 142 Å². The third-order valence-corrected chi connectivity index (χ3v) is 5.11. The van der Waals surface area contributed by atoms with Crippen LogP contribution in [0.15, 0.2) is 4.52 Å². The second-order valence-corrected chi connectivity index (χ2v) is 8.36. The first-order chi connectivity index (χ1) is 11.1. The second kappa shape index (κ2) is 7.20. The van der Waals surface area contributed by atoms with E-state index in [1.54, 1.807) is 18.7 Å². The van der Waals surface area contributed by atoms with Crippen molar-refractivity contribution in [2.45, 2.75) is 45.1 Å². The van der Waals surface area contributed by atoms with Crippen LogP contribution in [0.2, 0.25) is 0 Å². The van der Waals surface area contributed by atoms with Crippen molar-refractivity contribution in [2.75, 3.05) is 25.9 Å². The average molecular weight is 359 g/mol. The van der Waals surface area contributed by atoms with Gasteiger partial charge >= 0.3 is 0 Å². The number of hydrogen-bond acceptors (Lipinski definition) is 6. The van der Waals surface area contributed by atoms with E-state index >= 15 is 0 Å². The van der Waals surface area contributed by atoms with Crippen molar-refractivity contribution in [3.05, 3.63) is 17.0 Å². The number of rotatable bonds is 5. The maximum Gasteiger partial charge on any atom is 0.227 e. The monoisotopic (exact) mass is 359 g/mol. The standard InChI is InChI=1S/C15H25N3O5S/c1-11-13(12(2)23-17-11)9-14(19)18-7-4-5-15(20,6-8-18)10-16-24(3,21)22/h16,20H,4-10H2,1-3H3. The minimum atomic E-state index is -3.36. The molecule has 1 aliphatic heterocycles. The number of sulfonamides is 1. The van der Waals surface area contributed by atoms with E-state index < -0.39 is 15.6 Å². The van der Waals surface area contributed by atoms with E-state index in [2.05, 4.69) is 9.88 Å². The first kappa shape index (κ1) is 18.9. The van der Waals surface area contributed by atoms with Crippen LogP contribution in [0, 0.1) is 13.8 Å². The number of aliphatic hydroxyl groups is 1. The number of nitrogens with one attached hydrogen (secondary N) is 1. The van der Waals surface area contributed by atoms with Gasteiger partial charge in [-0.3, -0.25) is 4.79 Å². The van der Waals surface area contributed by atoms with Crippen molar-refractivity contribution in [1.29, 1.82) is 0 Å². The van der Waals surface area contributed by atoms with Gasteiger partial charge in [-0.25, -0.2) is 13.1 Å². The van der Waals surface area contributed by atoms with Crippen LogP contribution in [0.3, 0.4) is 0 Å². The number of amides is 1. The summed E-state index contributed by atoms with van der Waals surface area (Å²) in [7, 11) is -3.36. The highest BCUT2D eigenvalue weighted by Crippen LogP contribution is 2.23. The van der Waals surface area contributed by atoms with E-state index in [0.29, 0.717) is 43.8 Å². The van der Waals surface area contributed by atoms with Gasteiger partial charge in [0.05, 0.1) is 24.0 Å². The molecule has 2 heterocycles. The fourth-order valence-corrected chi connectivity index (χ4v) is 3.42. The highest BCUT2D eigenvalue weighted by Gasteiger charge is 2.32. The molecule has 2 rings (SSSR count). The summed E-state index contributed by atoms with van der Waals surface area (Å²) in [6.45, 7) is 4.49. The Morgan fingerprint density at radius 2 is 2.08 bits per heavy atom. The van der Waals surface area contributed by atoms with Crippen LogP contribution in [-0.4, -0.2) is 61.0 Å². The Balaban J connectivity index is 1.96. The van der Waals surface area contributed by atoms with E-state index in [0.717, 1.165) is 11.8 Å². The zero-order chi connectivity index (χ0) is 18.0. The number of nitrogens with zero attached hydrogens (tertiary/aromatic N) is 2. The predicted octanol–water partition coefficient (Wildman–Crippen LogP) is 0.127. The zero-order valence-corrected chi connectivity index (χ0v) is 15.1. The lowest BCUT2D eigenvalue weighted by Gasteiger charge is -2.26. The Morgan fingerprint density at radius 1 is 1.38 bits per heavy atom. The lowest BCUT2D eigenvalue weighted by atomic mass is 9.95. The van der Waals surface area contributed by atoms with E-state index in [-0.39, 0.29) is 18.9 Å². The van der Waals surface area contributed by atoms with Crippen molar-refractivity contribution >= 4 is 15.9 Å². The van der Waals surface area contributed by atoms with Gasteiger partial charge in [0, 0.05) is 25.2 Å². The molecule has 1 unspecified atom stereocenters. The molecule has 136 valence electrons. The molecule has 1 atom stereocenters. The van der Waals surface area contributed by atoms with Crippen LogP contribution in [0.25, 0.3) is 0 Å². The Morgan fingerprint density at radius 3 is 2.67 bits per heavy atom. The Kier molecular flexibility index (Phi) is 5.67. The van der Waals surface area contributed by atoms with Crippen LogP contribution >= 0.6 is 0 Å². The molecule has 0 aliphatic carbocycles. The molecule has 1 amide bonds. The number of carbonyl (C=O) groups excluding carboxylic acids is 1. The summed E-state index contributed by atoms with van der Waals surface area (Å²) in [4.78, 5) is 14.2. The molecule has 1 saturated heterocycles. The van der Waals surface area contributed by atoms with E-state index in [9.17, 15) is 18.3 Å². The summed E-state index contributed by atoms with van der Waals surface area (Å²) in [6, 6.07) is 0. The SMILES string of the molecule is Cc1noc(C)c1CC(=O)N1CCCC(O)(CNS(C)(=O)=O)CC1. The molecule has 1 aromatic heterocycles. The van der Waals surface area contributed by atoms with Gasteiger partial charge in [0.25, 0.3) is 0 Å². The van der Waals surface area contributed by atoms with Crippen LogP contribution in [0.1, 0.15) is 36.3 Å². The molecule has 1 aromatic rings. The minimum absolute atomic E-state index is 0.0300. The fourth-order valence-electron chi connectivity index (χ4n) is 2.89. The van der Waals surface area contributed by atoms with Crippen LogP contribution in [-0.2, 0) is 21.2 Å². The zero-order valence-electron chi connectivity index (χ0n) is 14.3. The first-order valence-electron chi connectivity index (χ1n) is 7.96. The molecule has 0 saturated carbocycles. The number of aromatic nitrogens is 1. The van der Waals surface area contributed by atoms with Crippen LogP contribution in [0.4, 0.5) is 0 Å². The smallest absolute Gasteiger partial charge is 0.227 e. The molecule has 9 heteroatoms. The van der Waals surface area contributed by atoms with Gasteiger partial charge in [0.1, 0.15) is 5.76 Å². The molecule has 24 heavy (non-hydrogen) atoms.